The lowest BCUT2D eigenvalue weighted by Gasteiger charge is -2.22. The second-order valence-corrected chi connectivity index (χ2v) is 8.10. The number of hydrogen-bond acceptors (Lipinski definition) is 6. The molecule has 2 amide bonds. The van der Waals surface area contributed by atoms with Gasteiger partial charge in [0.05, 0.1) is 7.11 Å². The van der Waals surface area contributed by atoms with Gasteiger partial charge in [-0.3, -0.25) is 9.59 Å². The largest absolute Gasteiger partial charge is 0.497 e. The Labute approximate surface area is 193 Å². The van der Waals surface area contributed by atoms with E-state index in [2.05, 4.69) is 10.1 Å². The van der Waals surface area contributed by atoms with Gasteiger partial charge in [0.25, 0.3) is 11.8 Å². The Morgan fingerprint density at radius 2 is 1.67 bits per heavy atom. The molecule has 1 aliphatic rings. The molecule has 0 spiro atoms. The lowest BCUT2D eigenvalue weighted by molar-refractivity contribution is -0.131. The third-order valence-corrected chi connectivity index (χ3v) is 5.83. The van der Waals surface area contributed by atoms with Crippen LogP contribution in [0.15, 0.2) is 53.1 Å². The van der Waals surface area contributed by atoms with Crippen LogP contribution >= 0.6 is 0 Å². The van der Waals surface area contributed by atoms with E-state index in [1.165, 1.54) is 0 Å². The highest BCUT2D eigenvalue weighted by Gasteiger charge is 2.23. The maximum atomic E-state index is 13.0. The first-order valence-corrected chi connectivity index (χ1v) is 11.1. The van der Waals surface area contributed by atoms with E-state index in [0.717, 1.165) is 23.3 Å². The smallest absolute Gasteiger partial charge is 0.257 e. The molecule has 0 aliphatic carbocycles. The van der Waals surface area contributed by atoms with Crippen LogP contribution in [0.5, 0.6) is 5.75 Å². The van der Waals surface area contributed by atoms with Gasteiger partial charge in [0.2, 0.25) is 5.91 Å². The molecule has 1 fully saturated rings. The van der Waals surface area contributed by atoms with Crippen LogP contribution in [0, 0.1) is 6.92 Å². The number of nitrogens with zero attached hydrogens (tertiary/aromatic N) is 4. The summed E-state index contributed by atoms with van der Waals surface area (Å²) in [5.41, 5.74) is 2.49. The number of benzene rings is 2. The molecule has 1 saturated heterocycles. The van der Waals surface area contributed by atoms with Crippen molar-refractivity contribution in [3.05, 3.63) is 65.5 Å². The third kappa shape index (κ3) is 5.58. The predicted octanol–water partition coefficient (Wildman–Crippen LogP) is 3.36. The number of methoxy groups -OCH3 is 1. The Bertz CT molecular complexity index is 1090. The predicted molar refractivity (Wildman–Crippen MR) is 123 cm³/mol. The van der Waals surface area contributed by atoms with E-state index in [1.54, 1.807) is 26.2 Å². The molecule has 4 rings (SSSR count). The number of aryl methyl sites for hydroxylation is 2. The van der Waals surface area contributed by atoms with Gasteiger partial charge in [-0.15, -0.1) is 0 Å². The fraction of sp³-hybridized carbons (Fsp3) is 0.360. The summed E-state index contributed by atoms with van der Waals surface area (Å²) in [5, 5.41) is 3.79. The lowest BCUT2D eigenvalue weighted by atomic mass is 10.1. The summed E-state index contributed by atoms with van der Waals surface area (Å²) in [4.78, 5) is 33.7. The first-order chi connectivity index (χ1) is 16.0. The molecule has 2 aromatic carbocycles. The third-order valence-electron chi connectivity index (χ3n) is 5.83. The molecule has 0 atom stereocenters. The maximum absolute atomic E-state index is 13.0. The van der Waals surface area contributed by atoms with Crippen molar-refractivity contribution >= 4 is 11.8 Å². The Hall–Kier alpha value is -3.68. The molecule has 172 valence electrons. The van der Waals surface area contributed by atoms with Crippen LogP contribution in [0.3, 0.4) is 0 Å². The quantitative estimate of drug-likeness (QED) is 0.575. The highest BCUT2D eigenvalue weighted by atomic mass is 16.5. The Kier molecular flexibility index (Phi) is 7.02. The van der Waals surface area contributed by atoms with Crippen molar-refractivity contribution in [1.82, 2.24) is 19.9 Å². The molecule has 1 aromatic heterocycles. The monoisotopic (exact) mass is 448 g/mol. The van der Waals surface area contributed by atoms with Gasteiger partial charge in [-0.25, -0.2) is 0 Å². The highest BCUT2D eigenvalue weighted by Crippen LogP contribution is 2.19. The van der Waals surface area contributed by atoms with Gasteiger partial charge in [-0.2, -0.15) is 4.98 Å². The van der Waals surface area contributed by atoms with Crippen LogP contribution in [0.1, 0.15) is 34.6 Å². The average molecular weight is 449 g/mol. The van der Waals surface area contributed by atoms with Crippen LogP contribution in [0.25, 0.3) is 11.5 Å². The lowest BCUT2D eigenvalue weighted by Crippen LogP contribution is -2.37. The highest BCUT2D eigenvalue weighted by molar-refractivity contribution is 5.94. The van der Waals surface area contributed by atoms with Crippen molar-refractivity contribution in [3.63, 3.8) is 0 Å². The van der Waals surface area contributed by atoms with Gasteiger partial charge in [0.15, 0.2) is 5.82 Å². The van der Waals surface area contributed by atoms with Gasteiger partial charge in [-0.05, 0) is 61.7 Å². The molecule has 1 aliphatic heterocycles. The van der Waals surface area contributed by atoms with E-state index in [-0.39, 0.29) is 11.8 Å². The maximum Gasteiger partial charge on any atom is 0.257 e. The summed E-state index contributed by atoms with van der Waals surface area (Å²) >= 11 is 0. The summed E-state index contributed by atoms with van der Waals surface area (Å²) < 4.78 is 10.4. The van der Waals surface area contributed by atoms with Gasteiger partial charge in [-0.1, -0.05) is 17.3 Å². The van der Waals surface area contributed by atoms with Crippen LogP contribution in [0.4, 0.5) is 0 Å². The molecule has 0 unspecified atom stereocenters. The zero-order valence-electron chi connectivity index (χ0n) is 19.0. The molecule has 0 N–H and O–H groups in total. The first kappa shape index (κ1) is 22.5. The second kappa shape index (κ2) is 10.3. The molecule has 3 aromatic rings. The normalized spacial score (nSPS) is 14.1. The molecule has 8 nitrogen and oxygen atoms in total. The fourth-order valence-corrected chi connectivity index (χ4v) is 3.92. The number of ether oxygens (including phenoxy) is 1. The summed E-state index contributed by atoms with van der Waals surface area (Å²) in [5.74, 6) is 1.90. The zero-order chi connectivity index (χ0) is 23.2. The minimum Gasteiger partial charge on any atom is -0.497 e. The minimum atomic E-state index is -0.0317. The van der Waals surface area contributed by atoms with E-state index < -0.39 is 0 Å². The van der Waals surface area contributed by atoms with E-state index >= 15 is 0 Å². The summed E-state index contributed by atoms with van der Waals surface area (Å²) in [6.45, 7) is 4.13. The number of carbonyl (C=O) groups is 2. The second-order valence-electron chi connectivity index (χ2n) is 8.10. The zero-order valence-corrected chi connectivity index (χ0v) is 19.0. The molecule has 8 heteroatoms. The summed E-state index contributed by atoms with van der Waals surface area (Å²) in [7, 11) is 1.64. The fourth-order valence-electron chi connectivity index (χ4n) is 3.92. The van der Waals surface area contributed by atoms with Crippen molar-refractivity contribution < 1.29 is 18.8 Å². The van der Waals surface area contributed by atoms with E-state index in [1.807, 2.05) is 46.2 Å². The SMILES string of the molecule is COc1ccc(CCC(=O)N2CCCN(C(=O)c3ccc(-c4nc(C)no4)cc3)CC2)cc1. The van der Waals surface area contributed by atoms with Crippen molar-refractivity contribution in [2.75, 3.05) is 33.3 Å². The Balaban J connectivity index is 1.30. The van der Waals surface area contributed by atoms with Crippen LogP contribution in [-0.2, 0) is 11.2 Å². The van der Waals surface area contributed by atoms with Gasteiger partial charge < -0.3 is 19.1 Å². The Morgan fingerprint density at radius 3 is 2.33 bits per heavy atom. The summed E-state index contributed by atoms with van der Waals surface area (Å²) in [6, 6.07) is 15.0. The standard InChI is InChI=1S/C25H28N4O4/c1-18-26-24(33-27-18)20-7-9-21(10-8-20)25(31)29-15-3-14-28(16-17-29)23(30)13-6-19-4-11-22(32-2)12-5-19/h4-5,7-12H,3,6,13-17H2,1-2H3. The number of hydrogen-bond donors (Lipinski definition) is 0. The number of amides is 2. The number of carbonyl (C=O) groups excluding carboxylic acids is 2. The van der Waals surface area contributed by atoms with E-state index in [9.17, 15) is 9.59 Å². The molecule has 0 radical (unpaired) electrons. The van der Waals surface area contributed by atoms with Gasteiger partial charge in [0, 0.05) is 43.7 Å². The minimum absolute atomic E-state index is 0.0317. The van der Waals surface area contributed by atoms with Gasteiger partial charge >= 0.3 is 0 Å². The van der Waals surface area contributed by atoms with Crippen molar-refractivity contribution in [2.45, 2.75) is 26.2 Å². The summed E-state index contributed by atoms with van der Waals surface area (Å²) in [6.07, 6.45) is 1.91. The van der Waals surface area contributed by atoms with E-state index in [4.69, 9.17) is 9.26 Å². The van der Waals surface area contributed by atoms with Crippen LogP contribution < -0.4 is 4.74 Å². The molecule has 33 heavy (non-hydrogen) atoms. The molecule has 0 saturated carbocycles. The average Bonchev–Trinajstić information content (AvgIpc) is 3.13. The van der Waals surface area contributed by atoms with Crippen molar-refractivity contribution in [3.8, 4) is 17.2 Å². The topological polar surface area (TPSA) is 88.8 Å². The molecular weight excluding hydrogens is 420 g/mol. The number of aromatic nitrogens is 2. The molecular formula is C25H28N4O4. The number of rotatable bonds is 6. The molecule has 0 bridgehead atoms. The first-order valence-electron chi connectivity index (χ1n) is 11.1. The van der Waals surface area contributed by atoms with Gasteiger partial charge in [0.1, 0.15) is 5.75 Å². The van der Waals surface area contributed by atoms with Crippen molar-refractivity contribution in [1.29, 1.82) is 0 Å². The molecule has 2 heterocycles. The van der Waals surface area contributed by atoms with Crippen LogP contribution in [0.2, 0.25) is 0 Å². The van der Waals surface area contributed by atoms with Crippen molar-refractivity contribution in [2.24, 2.45) is 0 Å². The Morgan fingerprint density at radius 1 is 0.970 bits per heavy atom. The van der Waals surface area contributed by atoms with E-state index in [0.29, 0.717) is 56.3 Å². The van der Waals surface area contributed by atoms with Crippen LogP contribution in [-0.4, -0.2) is 65.0 Å².